The minimum absolute atomic E-state index is 0.125. The van der Waals surface area contributed by atoms with Crippen LogP contribution in [-0.4, -0.2) is 40.8 Å². The van der Waals surface area contributed by atoms with E-state index < -0.39 is 7.32 Å². The van der Waals surface area contributed by atoms with Crippen molar-refractivity contribution in [3.63, 3.8) is 0 Å². The van der Waals surface area contributed by atoms with Crippen LogP contribution >= 0.6 is 0 Å². The summed E-state index contributed by atoms with van der Waals surface area (Å²) in [5.41, 5.74) is 0.500. The number of para-hydroxylation sites is 1. The van der Waals surface area contributed by atoms with Gasteiger partial charge in [-0.15, -0.1) is 0 Å². The molecular weight excluding hydrogens is 247 g/mol. The van der Waals surface area contributed by atoms with Gasteiger partial charge in [0.15, 0.2) is 0 Å². The van der Waals surface area contributed by atoms with E-state index >= 15 is 0 Å². The van der Waals surface area contributed by atoms with Crippen molar-refractivity contribution in [1.29, 1.82) is 0 Å². The van der Waals surface area contributed by atoms with E-state index in [2.05, 4.69) is 32.3 Å². The number of aliphatic hydroxyl groups is 2. The topological polar surface area (TPSA) is 90.2 Å². The maximum absolute atomic E-state index is 8.34. The Balaban J connectivity index is 0. The van der Waals surface area contributed by atoms with E-state index in [1.165, 1.54) is 0 Å². The molecule has 110 valence electrons. The third-order valence-electron chi connectivity index (χ3n) is 1.08. The molecule has 0 unspecified atom stereocenters. The molecule has 0 aliphatic rings. The summed E-state index contributed by atoms with van der Waals surface area (Å²) in [7, 11) is -1.73. The van der Waals surface area contributed by atoms with Gasteiger partial charge >= 0.3 is 7.32 Å². The molecule has 1 rings (SSSR count). The van der Waals surface area contributed by atoms with Gasteiger partial charge in [0, 0.05) is 0 Å². The van der Waals surface area contributed by atoms with Crippen LogP contribution in [0.2, 0.25) is 0 Å². The summed E-state index contributed by atoms with van der Waals surface area (Å²) in [4.78, 5) is 0. The fraction of sp³-hybridized carbons (Fsp3) is 0.538. The fourth-order valence-corrected chi connectivity index (χ4v) is 0.621. The molecule has 0 amide bonds. The Bertz CT molecular complexity index is 277. The fourth-order valence-electron chi connectivity index (χ4n) is 0.621. The Morgan fingerprint density at radius 3 is 1.58 bits per heavy atom. The molecular formula is C13H25BO5. The van der Waals surface area contributed by atoms with Crippen LogP contribution in [0.5, 0.6) is 5.75 Å². The van der Waals surface area contributed by atoms with Gasteiger partial charge in [-0.25, -0.2) is 0 Å². The maximum atomic E-state index is 8.34. The smallest absolute Gasteiger partial charge is 0.512 e. The normalized spacial score (nSPS) is 9.47. The number of hydrogen-bond acceptors (Lipinski definition) is 5. The molecule has 19 heavy (non-hydrogen) atoms. The van der Waals surface area contributed by atoms with Crippen LogP contribution in [0.1, 0.15) is 27.7 Å². The van der Waals surface area contributed by atoms with Crippen molar-refractivity contribution in [3.8, 4) is 5.75 Å². The summed E-state index contributed by atoms with van der Waals surface area (Å²) < 4.78 is 4.53. The highest BCUT2D eigenvalue weighted by molar-refractivity contribution is 6.33. The maximum Gasteiger partial charge on any atom is 0.707 e. The summed E-state index contributed by atoms with van der Waals surface area (Å²) in [5.74, 6) is 0.442. The monoisotopic (exact) mass is 272 g/mol. The van der Waals surface area contributed by atoms with Crippen LogP contribution in [0, 0.1) is 5.41 Å². The Morgan fingerprint density at radius 1 is 0.947 bits per heavy atom. The van der Waals surface area contributed by atoms with E-state index in [9.17, 15) is 0 Å². The largest absolute Gasteiger partial charge is 0.707 e. The standard InChI is InChI=1S/C6H7BO3.C5H12.C2H6O2/c8-7(9)10-6-4-2-1-3-5-6;1-5(2,3)4;3-1-2-4/h1-5,8-9H;1-4H3;3-4H,1-2H2. The SMILES string of the molecule is CC(C)(C)C.OB(O)Oc1ccccc1.OCCO. The molecule has 1 aromatic rings. The lowest BCUT2D eigenvalue weighted by molar-refractivity contribution is 0.186. The van der Waals surface area contributed by atoms with Crippen LogP contribution in [0.15, 0.2) is 30.3 Å². The molecule has 4 N–H and O–H groups in total. The highest BCUT2D eigenvalue weighted by Crippen LogP contribution is 2.08. The highest BCUT2D eigenvalue weighted by atomic mass is 16.6. The average molecular weight is 272 g/mol. The zero-order valence-electron chi connectivity index (χ0n) is 12.1. The molecule has 0 aromatic heterocycles. The van der Waals surface area contributed by atoms with E-state index in [0.29, 0.717) is 11.2 Å². The highest BCUT2D eigenvalue weighted by Gasteiger charge is 2.09. The van der Waals surface area contributed by atoms with Crippen molar-refractivity contribution in [1.82, 2.24) is 0 Å². The zero-order chi connectivity index (χ0) is 15.3. The van der Waals surface area contributed by atoms with Crippen molar-refractivity contribution < 1.29 is 24.9 Å². The van der Waals surface area contributed by atoms with Crippen molar-refractivity contribution in [2.45, 2.75) is 27.7 Å². The molecule has 0 aliphatic carbocycles. The van der Waals surface area contributed by atoms with Gasteiger partial charge in [-0.1, -0.05) is 45.9 Å². The second-order valence-corrected chi connectivity index (χ2v) is 5.20. The molecule has 0 atom stereocenters. The molecule has 0 bridgehead atoms. The Morgan fingerprint density at radius 2 is 1.32 bits per heavy atom. The Labute approximate surface area is 115 Å². The van der Waals surface area contributed by atoms with Gasteiger partial charge in [0.25, 0.3) is 0 Å². The molecule has 0 saturated heterocycles. The van der Waals surface area contributed by atoms with Crippen molar-refractivity contribution >= 4 is 7.32 Å². The van der Waals surface area contributed by atoms with Gasteiger partial charge < -0.3 is 24.9 Å². The van der Waals surface area contributed by atoms with Crippen LogP contribution in [0.25, 0.3) is 0 Å². The number of benzene rings is 1. The van der Waals surface area contributed by atoms with E-state index in [-0.39, 0.29) is 13.2 Å². The van der Waals surface area contributed by atoms with Gasteiger partial charge in [-0.2, -0.15) is 0 Å². The van der Waals surface area contributed by atoms with Gasteiger partial charge in [-0.05, 0) is 17.5 Å². The predicted octanol–water partition coefficient (Wildman–Crippen LogP) is 1.06. The minimum atomic E-state index is -1.73. The van der Waals surface area contributed by atoms with Crippen LogP contribution in [-0.2, 0) is 0 Å². The first-order valence-corrected chi connectivity index (χ1v) is 6.00. The molecule has 0 heterocycles. The van der Waals surface area contributed by atoms with Crippen LogP contribution in [0.4, 0.5) is 0 Å². The number of aliphatic hydroxyl groups excluding tert-OH is 2. The summed E-state index contributed by atoms with van der Waals surface area (Å²) in [6, 6.07) is 8.59. The molecule has 6 heteroatoms. The number of hydrogen-bond donors (Lipinski definition) is 4. The Kier molecular flexibility index (Phi) is 12.8. The summed E-state index contributed by atoms with van der Waals surface area (Å²) in [6.45, 7) is 8.50. The Hall–Kier alpha value is -1.08. The summed E-state index contributed by atoms with van der Waals surface area (Å²) in [5, 5.41) is 31.9. The van der Waals surface area contributed by atoms with Gasteiger partial charge in [0.2, 0.25) is 0 Å². The third-order valence-corrected chi connectivity index (χ3v) is 1.08. The predicted molar refractivity (Wildman–Crippen MR) is 76.6 cm³/mol. The molecule has 0 aliphatic heterocycles. The van der Waals surface area contributed by atoms with Crippen LogP contribution < -0.4 is 4.65 Å². The molecule has 1 aromatic carbocycles. The molecule has 0 fully saturated rings. The van der Waals surface area contributed by atoms with Crippen LogP contribution in [0.3, 0.4) is 0 Å². The minimum Gasteiger partial charge on any atom is -0.512 e. The molecule has 0 saturated carbocycles. The van der Waals surface area contributed by atoms with Gasteiger partial charge in [0.05, 0.1) is 13.2 Å². The van der Waals surface area contributed by atoms with Gasteiger partial charge in [0.1, 0.15) is 5.75 Å². The quantitative estimate of drug-likeness (QED) is 0.618. The second-order valence-electron chi connectivity index (χ2n) is 5.20. The molecule has 0 spiro atoms. The van der Waals surface area contributed by atoms with E-state index in [0.717, 1.165) is 0 Å². The lowest BCUT2D eigenvalue weighted by atomic mass is 10.0. The second kappa shape index (κ2) is 12.0. The first kappa shape index (κ1) is 20.2. The first-order chi connectivity index (χ1) is 8.70. The van der Waals surface area contributed by atoms with Crippen molar-refractivity contribution in [3.05, 3.63) is 30.3 Å². The average Bonchev–Trinajstić information content (AvgIpc) is 2.28. The van der Waals surface area contributed by atoms with E-state index in [1.54, 1.807) is 24.3 Å². The van der Waals surface area contributed by atoms with E-state index in [4.69, 9.17) is 20.3 Å². The van der Waals surface area contributed by atoms with Gasteiger partial charge in [-0.3, -0.25) is 0 Å². The van der Waals surface area contributed by atoms with Crippen molar-refractivity contribution in [2.75, 3.05) is 13.2 Å². The third kappa shape index (κ3) is 26.5. The summed E-state index contributed by atoms with van der Waals surface area (Å²) >= 11 is 0. The lowest BCUT2D eigenvalue weighted by Gasteiger charge is -2.05. The summed E-state index contributed by atoms with van der Waals surface area (Å²) in [6.07, 6.45) is 0. The zero-order valence-corrected chi connectivity index (χ0v) is 12.1. The first-order valence-electron chi connectivity index (χ1n) is 6.00. The lowest BCUT2D eigenvalue weighted by Crippen LogP contribution is -2.20. The molecule has 0 radical (unpaired) electrons. The molecule has 5 nitrogen and oxygen atoms in total. The van der Waals surface area contributed by atoms with E-state index in [1.807, 2.05) is 6.07 Å². The number of rotatable bonds is 3. The van der Waals surface area contributed by atoms with Crippen molar-refractivity contribution in [2.24, 2.45) is 5.41 Å².